The summed E-state index contributed by atoms with van der Waals surface area (Å²) in [5.41, 5.74) is 2.75. The number of amides is 1. The number of nitrogens with one attached hydrogen (secondary N) is 1. The van der Waals surface area contributed by atoms with Gasteiger partial charge in [0.2, 0.25) is 0 Å². The summed E-state index contributed by atoms with van der Waals surface area (Å²) in [5.74, 6) is 2.15. The fourth-order valence-electron chi connectivity index (χ4n) is 4.84. The Hall–Kier alpha value is -5.77. The number of nitrogens with zero attached hydrogens (tertiary/aromatic N) is 1. The van der Waals surface area contributed by atoms with Crippen molar-refractivity contribution in [2.45, 2.75) is 19.1 Å². The van der Waals surface area contributed by atoms with E-state index in [1.165, 1.54) is 14.2 Å². The Morgan fingerprint density at radius 1 is 0.717 bits per heavy atom. The summed E-state index contributed by atoms with van der Waals surface area (Å²) in [6, 6.07) is 26.2. The molecule has 1 amide bonds. The predicted octanol–water partition coefficient (Wildman–Crippen LogP) is 6.15. The first-order valence-electron chi connectivity index (χ1n) is 14.4. The molecule has 1 N–H and O–H groups in total. The number of carbonyl (C=O) groups is 2. The van der Waals surface area contributed by atoms with Crippen LogP contribution in [-0.2, 0) is 22.6 Å². The summed E-state index contributed by atoms with van der Waals surface area (Å²) < 4.78 is 33.4. The zero-order valence-electron chi connectivity index (χ0n) is 25.9. The summed E-state index contributed by atoms with van der Waals surface area (Å²) in [6.07, 6.45) is 1.85. The van der Waals surface area contributed by atoms with Crippen LogP contribution in [0.4, 0.5) is 0 Å². The molecule has 0 fully saturated rings. The van der Waals surface area contributed by atoms with E-state index in [0.717, 1.165) is 16.5 Å². The third-order valence-corrected chi connectivity index (χ3v) is 7.25. The first kappa shape index (κ1) is 31.6. The summed E-state index contributed by atoms with van der Waals surface area (Å²) in [4.78, 5) is 30.4. The van der Waals surface area contributed by atoms with Crippen LogP contribution in [0.15, 0.2) is 97.2 Å². The first-order valence-corrected chi connectivity index (χ1v) is 14.4. The number of benzene rings is 4. The Morgan fingerprint density at radius 2 is 1.43 bits per heavy atom. The van der Waals surface area contributed by atoms with Crippen LogP contribution in [0.3, 0.4) is 0 Å². The van der Waals surface area contributed by atoms with Gasteiger partial charge in [-0.2, -0.15) is 0 Å². The van der Waals surface area contributed by atoms with Crippen molar-refractivity contribution in [1.82, 2.24) is 10.3 Å². The lowest BCUT2D eigenvalue weighted by Crippen LogP contribution is -2.43. The van der Waals surface area contributed by atoms with Gasteiger partial charge in [0.1, 0.15) is 24.1 Å². The summed E-state index contributed by atoms with van der Waals surface area (Å²) >= 11 is 0. The van der Waals surface area contributed by atoms with Crippen molar-refractivity contribution < 1.29 is 38.0 Å². The van der Waals surface area contributed by atoms with Crippen molar-refractivity contribution in [3.8, 4) is 34.5 Å². The van der Waals surface area contributed by atoms with E-state index < -0.39 is 17.9 Å². The van der Waals surface area contributed by atoms with Crippen LogP contribution in [0, 0.1) is 0 Å². The third-order valence-electron chi connectivity index (χ3n) is 7.25. The molecule has 1 aromatic heterocycles. The van der Waals surface area contributed by atoms with E-state index in [1.54, 1.807) is 62.9 Å². The number of rotatable bonds is 13. The van der Waals surface area contributed by atoms with Crippen molar-refractivity contribution in [3.05, 3.63) is 114 Å². The van der Waals surface area contributed by atoms with Gasteiger partial charge >= 0.3 is 5.97 Å². The number of esters is 1. The molecule has 1 unspecified atom stereocenters. The lowest BCUT2D eigenvalue weighted by atomic mass is 10.0. The average Bonchev–Trinajstić information content (AvgIpc) is 3.10. The molecule has 4 aromatic carbocycles. The molecular weight excluding hydrogens is 588 g/mol. The van der Waals surface area contributed by atoms with Crippen LogP contribution in [0.5, 0.6) is 34.5 Å². The maximum Gasteiger partial charge on any atom is 0.328 e. The molecule has 236 valence electrons. The van der Waals surface area contributed by atoms with Gasteiger partial charge in [0.25, 0.3) is 5.91 Å². The smallest absolute Gasteiger partial charge is 0.328 e. The van der Waals surface area contributed by atoms with Crippen LogP contribution in [0.1, 0.15) is 21.5 Å². The second-order valence-corrected chi connectivity index (χ2v) is 10.2. The normalized spacial score (nSPS) is 11.3. The lowest BCUT2D eigenvalue weighted by Gasteiger charge is -2.18. The number of ether oxygens (including phenoxy) is 6. The van der Waals surface area contributed by atoms with Gasteiger partial charge in [-0.1, -0.05) is 42.5 Å². The van der Waals surface area contributed by atoms with Crippen molar-refractivity contribution in [2.24, 2.45) is 0 Å². The Morgan fingerprint density at radius 3 is 2.13 bits per heavy atom. The number of fused-ring (bicyclic) bond motifs is 1. The molecule has 0 saturated heterocycles. The summed E-state index contributed by atoms with van der Waals surface area (Å²) in [7, 11) is 5.95. The van der Waals surface area contributed by atoms with Crippen LogP contribution >= 0.6 is 0 Å². The minimum absolute atomic E-state index is 0.196. The summed E-state index contributed by atoms with van der Waals surface area (Å²) in [5, 5.41) is 3.55. The van der Waals surface area contributed by atoms with Crippen LogP contribution in [0.2, 0.25) is 0 Å². The van der Waals surface area contributed by atoms with E-state index >= 15 is 0 Å². The molecular formula is C36H34N2O8. The molecule has 0 saturated carbocycles. The molecule has 0 bridgehead atoms. The Balaban J connectivity index is 1.28. The topological polar surface area (TPSA) is 114 Å². The summed E-state index contributed by atoms with van der Waals surface area (Å²) in [6.45, 7) is 0.299. The van der Waals surface area contributed by atoms with Gasteiger partial charge < -0.3 is 33.7 Å². The van der Waals surface area contributed by atoms with Crippen LogP contribution in [-0.4, -0.2) is 51.3 Å². The molecule has 5 aromatic rings. The highest BCUT2D eigenvalue weighted by Crippen LogP contribution is 2.37. The zero-order valence-corrected chi connectivity index (χ0v) is 25.9. The number of hydrogen-bond donors (Lipinski definition) is 1. The highest BCUT2D eigenvalue weighted by molar-refractivity contribution is 5.97. The minimum Gasteiger partial charge on any atom is -0.493 e. The quantitative estimate of drug-likeness (QED) is 0.155. The minimum atomic E-state index is -0.938. The van der Waals surface area contributed by atoms with Gasteiger partial charge in [0, 0.05) is 29.6 Å². The van der Waals surface area contributed by atoms with E-state index in [9.17, 15) is 9.59 Å². The molecule has 1 atom stereocenters. The molecule has 0 aliphatic rings. The highest BCUT2D eigenvalue weighted by atomic mass is 16.5. The largest absolute Gasteiger partial charge is 0.493 e. The monoisotopic (exact) mass is 622 g/mol. The lowest BCUT2D eigenvalue weighted by molar-refractivity contribution is -0.142. The molecule has 0 aliphatic carbocycles. The maximum atomic E-state index is 13.3. The first-order chi connectivity index (χ1) is 22.4. The average molecular weight is 623 g/mol. The van der Waals surface area contributed by atoms with Gasteiger partial charge in [0.15, 0.2) is 23.0 Å². The second-order valence-electron chi connectivity index (χ2n) is 10.2. The van der Waals surface area contributed by atoms with Gasteiger partial charge in [-0.05, 0) is 53.6 Å². The van der Waals surface area contributed by atoms with E-state index in [2.05, 4.69) is 10.3 Å². The highest BCUT2D eigenvalue weighted by Gasteiger charge is 2.24. The van der Waals surface area contributed by atoms with E-state index in [4.69, 9.17) is 28.4 Å². The van der Waals surface area contributed by atoms with E-state index in [1.807, 2.05) is 48.5 Å². The molecule has 10 nitrogen and oxygen atoms in total. The van der Waals surface area contributed by atoms with Crippen molar-refractivity contribution in [3.63, 3.8) is 0 Å². The van der Waals surface area contributed by atoms with Gasteiger partial charge in [-0.15, -0.1) is 0 Å². The Labute approximate surface area is 266 Å². The number of hydrogen-bond acceptors (Lipinski definition) is 9. The van der Waals surface area contributed by atoms with Crippen molar-refractivity contribution >= 4 is 22.8 Å². The van der Waals surface area contributed by atoms with E-state index in [-0.39, 0.29) is 6.42 Å². The number of aromatic nitrogens is 1. The Bertz CT molecular complexity index is 1810. The predicted molar refractivity (Wildman–Crippen MR) is 172 cm³/mol. The molecule has 0 radical (unpaired) electrons. The van der Waals surface area contributed by atoms with Gasteiger partial charge in [-0.25, -0.2) is 4.79 Å². The van der Waals surface area contributed by atoms with Gasteiger partial charge in [0.05, 0.1) is 34.0 Å². The molecule has 10 heteroatoms. The van der Waals surface area contributed by atoms with Crippen molar-refractivity contribution in [1.29, 1.82) is 0 Å². The fraction of sp³-hybridized carbons (Fsp3) is 0.194. The molecule has 1 heterocycles. The fourth-order valence-corrected chi connectivity index (χ4v) is 4.84. The maximum absolute atomic E-state index is 13.3. The van der Waals surface area contributed by atoms with Crippen LogP contribution < -0.4 is 29.0 Å². The molecule has 5 rings (SSSR count). The third kappa shape index (κ3) is 7.47. The molecule has 0 aliphatic heterocycles. The standard InChI is InChI=1S/C36H34N2O8/c1-41-31-15-12-25(19-34(31)45-22-24-8-6-5-7-9-24)35(39)38-29(36(40)44-4)18-23-10-13-26(14-11-23)46-30-16-17-37-28-21-33(43-3)32(42-2)20-27(28)30/h5-17,19-21,29H,18,22H2,1-4H3,(H,38,39). The molecule has 46 heavy (non-hydrogen) atoms. The second kappa shape index (κ2) is 14.8. The van der Waals surface area contributed by atoms with Crippen LogP contribution in [0.25, 0.3) is 10.9 Å². The zero-order chi connectivity index (χ0) is 32.5. The molecule has 0 spiro atoms. The number of pyridine rings is 1. The van der Waals surface area contributed by atoms with Gasteiger partial charge in [-0.3, -0.25) is 9.78 Å². The SMILES string of the molecule is COC(=O)C(Cc1ccc(Oc2ccnc3cc(OC)c(OC)cc23)cc1)NC(=O)c1ccc(OC)c(OCc2ccccc2)c1. The van der Waals surface area contributed by atoms with Crippen molar-refractivity contribution in [2.75, 3.05) is 28.4 Å². The van der Waals surface area contributed by atoms with E-state index in [0.29, 0.717) is 52.2 Å². The number of carbonyl (C=O) groups excluding carboxylic acids is 2. The number of methoxy groups -OCH3 is 4. The Kier molecular flexibility index (Phi) is 10.2.